The first-order valence-corrected chi connectivity index (χ1v) is 8.28. The molecule has 0 radical (unpaired) electrons. The molecule has 6 nitrogen and oxygen atoms in total. The second-order valence-corrected chi connectivity index (χ2v) is 6.31. The van der Waals surface area contributed by atoms with E-state index in [0.29, 0.717) is 21.9 Å². The molecule has 0 atom stereocenters. The van der Waals surface area contributed by atoms with Crippen molar-refractivity contribution in [3.05, 3.63) is 70.6 Å². The van der Waals surface area contributed by atoms with Gasteiger partial charge in [0, 0.05) is 26.9 Å². The van der Waals surface area contributed by atoms with Crippen LogP contribution in [0.2, 0.25) is 5.02 Å². The van der Waals surface area contributed by atoms with E-state index in [2.05, 4.69) is 15.8 Å². The van der Waals surface area contributed by atoms with Gasteiger partial charge in [0.25, 0.3) is 5.91 Å². The highest BCUT2D eigenvalue weighted by Gasteiger charge is 2.18. The van der Waals surface area contributed by atoms with Crippen LogP contribution >= 0.6 is 11.6 Å². The van der Waals surface area contributed by atoms with Crippen LogP contribution in [0.5, 0.6) is 0 Å². The molecular formula is C19H14ClN3O3. The van der Waals surface area contributed by atoms with Crippen molar-refractivity contribution in [2.24, 2.45) is 0 Å². The Morgan fingerprint density at radius 2 is 1.81 bits per heavy atom. The summed E-state index contributed by atoms with van der Waals surface area (Å²) in [4.78, 5) is 27.6. The molecule has 0 unspecified atom stereocenters. The van der Waals surface area contributed by atoms with Crippen molar-refractivity contribution in [3.63, 3.8) is 0 Å². The molecule has 0 saturated carbocycles. The predicted molar refractivity (Wildman–Crippen MR) is 99.2 cm³/mol. The van der Waals surface area contributed by atoms with Gasteiger partial charge in [0.05, 0.1) is 0 Å². The third kappa shape index (κ3) is 2.80. The molecule has 4 rings (SSSR count). The number of hydrogen-bond acceptors (Lipinski definition) is 3. The van der Waals surface area contributed by atoms with E-state index in [1.54, 1.807) is 37.3 Å². The lowest BCUT2D eigenvalue weighted by Crippen LogP contribution is -2.41. The lowest BCUT2D eigenvalue weighted by molar-refractivity contribution is 0.0829. The molecule has 2 aromatic heterocycles. The zero-order valence-electron chi connectivity index (χ0n) is 13.7. The number of para-hydroxylation sites is 1. The average molecular weight is 368 g/mol. The molecule has 7 heteroatoms. The van der Waals surface area contributed by atoms with Crippen LogP contribution in [0.15, 0.2) is 52.9 Å². The number of hydrazine groups is 1. The number of nitrogens with one attached hydrogen (secondary N) is 3. The molecule has 0 aliphatic rings. The number of fused-ring (bicyclic) bond motifs is 2. The van der Waals surface area contributed by atoms with E-state index in [0.717, 1.165) is 16.3 Å². The van der Waals surface area contributed by atoms with Gasteiger partial charge in [-0.3, -0.25) is 20.4 Å². The molecule has 2 aromatic carbocycles. The van der Waals surface area contributed by atoms with Gasteiger partial charge in [-0.15, -0.1) is 0 Å². The summed E-state index contributed by atoms with van der Waals surface area (Å²) in [5, 5.41) is 2.25. The zero-order valence-corrected chi connectivity index (χ0v) is 14.5. The van der Waals surface area contributed by atoms with Gasteiger partial charge in [0.1, 0.15) is 11.3 Å². The fourth-order valence-electron chi connectivity index (χ4n) is 2.85. The fourth-order valence-corrected chi connectivity index (χ4v) is 3.03. The van der Waals surface area contributed by atoms with Crippen LogP contribution in [0.1, 0.15) is 26.6 Å². The summed E-state index contributed by atoms with van der Waals surface area (Å²) in [6.07, 6.45) is 0. The Kier molecular flexibility index (Phi) is 3.89. The molecular weight excluding hydrogens is 354 g/mol. The first-order chi connectivity index (χ1) is 12.5. The Balaban J connectivity index is 1.50. The number of rotatable bonds is 2. The summed E-state index contributed by atoms with van der Waals surface area (Å²) in [5.74, 6) is -0.833. The maximum Gasteiger partial charge on any atom is 0.305 e. The van der Waals surface area contributed by atoms with Crippen LogP contribution < -0.4 is 10.9 Å². The van der Waals surface area contributed by atoms with Crippen molar-refractivity contribution < 1.29 is 14.0 Å². The second kappa shape index (κ2) is 6.24. The number of aromatic nitrogens is 1. The smallest absolute Gasteiger partial charge is 0.305 e. The number of benzene rings is 2. The van der Waals surface area contributed by atoms with Crippen LogP contribution in [-0.2, 0) is 0 Å². The number of carbonyl (C=O) groups excluding carboxylic acids is 2. The minimum atomic E-state index is -0.522. The number of amides is 2. The molecule has 2 amide bonds. The van der Waals surface area contributed by atoms with Crippen molar-refractivity contribution in [3.8, 4) is 0 Å². The van der Waals surface area contributed by atoms with E-state index in [-0.39, 0.29) is 5.76 Å². The van der Waals surface area contributed by atoms with E-state index in [1.807, 2.05) is 18.2 Å². The Morgan fingerprint density at radius 1 is 1.04 bits per heavy atom. The topological polar surface area (TPSA) is 87.1 Å². The maximum atomic E-state index is 12.3. The van der Waals surface area contributed by atoms with Gasteiger partial charge in [0.15, 0.2) is 5.76 Å². The summed E-state index contributed by atoms with van der Waals surface area (Å²) in [7, 11) is 0. The van der Waals surface area contributed by atoms with Crippen LogP contribution in [0.25, 0.3) is 21.9 Å². The summed E-state index contributed by atoms with van der Waals surface area (Å²) in [6.45, 7) is 1.80. The largest absolute Gasteiger partial charge is 0.451 e. The summed E-state index contributed by atoms with van der Waals surface area (Å²) in [5.41, 5.74) is 7.18. The van der Waals surface area contributed by atoms with Crippen molar-refractivity contribution in [1.29, 1.82) is 0 Å². The molecule has 3 N–H and O–H groups in total. The van der Waals surface area contributed by atoms with Gasteiger partial charge in [-0.1, -0.05) is 29.8 Å². The quantitative estimate of drug-likeness (QED) is 0.469. The fraction of sp³-hybridized carbons (Fsp3) is 0.0526. The first kappa shape index (κ1) is 16.2. The first-order valence-electron chi connectivity index (χ1n) is 7.90. The van der Waals surface area contributed by atoms with E-state index < -0.39 is 11.8 Å². The van der Waals surface area contributed by atoms with Crippen LogP contribution in [0, 0.1) is 6.92 Å². The number of carbonyl (C=O) groups is 2. The molecule has 4 aromatic rings. The molecule has 0 bridgehead atoms. The lowest BCUT2D eigenvalue weighted by Gasteiger charge is -2.05. The van der Waals surface area contributed by atoms with Crippen molar-refractivity contribution in [2.75, 3.05) is 0 Å². The maximum absolute atomic E-state index is 12.3. The molecule has 26 heavy (non-hydrogen) atoms. The zero-order chi connectivity index (χ0) is 18.3. The molecule has 0 fully saturated rings. The van der Waals surface area contributed by atoms with Gasteiger partial charge in [-0.25, -0.2) is 0 Å². The molecule has 0 spiro atoms. The van der Waals surface area contributed by atoms with Crippen LogP contribution in [0.4, 0.5) is 0 Å². The third-order valence-electron chi connectivity index (χ3n) is 4.17. The minimum Gasteiger partial charge on any atom is -0.451 e. The van der Waals surface area contributed by atoms with Crippen LogP contribution in [-0.4, -0.2) is 16.8 Å². The number of aromatic amines is 1. The molecule has 0 aliphatic heterocycles. The van der Waals surface area contributed by atoms with Crippen molar-refractivity contribution in [2.45, 2.75) is 6.92 Å². The second-order valence-electron chi connectivity index (χ2n) is 5.88. The van der Waals surface area contributed by atoms with E-state index in [9.17, 15) is 9.59 Å². The van der Waals surface area contributed by atoms with E-state index in [4.69, 9.17) is 16.0 Å². The molecule has 0 saturated heterocycles. The third-order valence-corrected chi connectivity index (χ3v) is 4.40. The highest BCUT2D eigenvalue weighted by Crippen LogP contribution is 2.24. The summed E-state index contributed by atoms with van der Waals surface area (Å²) in [6, 6.07) is 14.3. The number of aryl methyl sites for hydroxylation is 1. The summed E-state index contributed by atoms with van der Waals surface area (Å²) >= 11 is 5.94. The van der Waals surface area contributed by atoms with Gasteiger partial charge in [0.2, 0.25) is 0 Å². The molecule has 130 valence electrons. The predicted octanol–water partition coefficient (Wildman–Crippen LogP) is 3.95. The van der Waals surface area contributed by atoms with Gasteiger partial charge in [-0.05, 0) is 37.3 Å². The SMILES string of the molecule is Cc1c(C(=O)NNC(=O)c2cc3cc(Cl)ccc3[nH]2)oc2ccccc12. The van der Waals surface area contributed by atoms with Gasteiger partial charge < -0.3 is 9.40 Å². The molecule has 2 heterocycles. The highest BCUT2D eigenvalue weighted by atomic mass is 35.5. The Hall–Kier alpha value is -3.25. The van der Waals surface area contributed by atoms with Crippen molar-refractivity contribution in [1.82, 2.24) is 15.8 Å². The Morgan fingerprint density at radius 3 is 2.62 bits per heavy atom. The average Bonchev–Trinajstić information content (AvgIpc) is 3.21. The standard InChI is InChI=1S/C19H14ClN3O3/c1-10-13-4-2-3-5-16(13)26-17(10)19(25)23-22-18(24)15-9-11-8-12(20)6-7-14(11)21-15/h2-9,21H,1H3,(H,22,24)(H,23,25). The van der Waals surface area contributed by atoms with E-state index >= 15 is 0 Å². The van der Waals surface area contributed by atoms with Gasteiger partial charge in [-0.2, -0.15) is 0 Å². The van der Waals surface area contributed by atoms with E-state index in [1.165, 1.54) is 0 Å². The number of H-pyrrole nitrogens is 1. The lowest BCUT2D eigenvalue weighted by atomic mass is 10.1. The minimum absolute atomic E-state index is 0.162. The highest BCUT2D eigenvalue weighted by molar-refractivity contribution is 6.31. The summed E-state index contributed by atoms with van der Waals surface area (Å²) < 4.78 is 5.57. The Labute approximate surface area is 153 Å². The molecule has 0 aliphatic carbocycles. The van der Waals surface area contributed by atoms with Crippen molar-refractivity contribution >= 4 is 45.3 Å². The Bertz CT molecular complexity index is 1160. The monoisotopic (exact) mass is 367 g/mol. The number of furan rings is 1. The normalized spacial score (nSPS) is 11.0. The number of hydrogen-bond donors (Lipinski definition) is 3. The van der Waals surface area contributed by atoms with Crippen LogP contribution in [0.3, 0.4) is 0 Å². The number of halogens is 1. The van der Waals surface area contributed by atoms with Gasteiger partial charge >= 0.3 is 5.91 Å².